The third-order valence-corrected chi connectivity index (χ3v) is 4.74. The lowest BCUT2D eigenvalue weighted by Crippen LogP contribution is -1.97. The van der Waals surface area contributed by atoms with Gasteiger partial charge in [-0.05, 0) is 77.2 Å². The molecule has 2 N–H and O–H groups in total. The lowest BCUT2D eigenvalue weighted by molar-refractivity contribution is 0.0697. The van der Waals surface area contributed by atoms with Crippen LogP contribution in [0.4, 0.5) is 5.69 Å². The standard InChI is InChI=1S/C21H13IN2O4/c22-15-3-1-2-12(9-15)20-24-17-10-16(5-7-19(17)28-20)23-11-14-8-13(21(26)27)4-6-18(14)25/h1-11,25H,(H,26,27). The fourth-order valence-corrected chi connectivity index (χ4v) is 3.22. The number of fused-ring (bicyclic) bond motifs is 1. The number of nitrogens with zero attached hydrogens (tertiary/aromatic N) is 2. The molecule has 1 aromatic heterocycles. The van der Waals surface area contributed by atoms with Crippen LogP contribution in [-0.2, 0) is 0 Å². The summed E-state index contributed by atoms with van der Waals surface area (Å²) >= 11 is 2.24. The zero-order valence-corrected chi connectivity index (χ0v) is 16.5. The van der Waals surface area contributed by atoms with E-state index in [1.165, 1.54) is 24.4 Å². The molecule has 6 nitrogen and oxygen atoms in total. The number of halogens is 1. The monoisotopic (exact) mass is 484 g/mol. The molecule has 0 aliphatic heterocycles. The number of phenols is 1. The number of benzene rings is 3. The molecule has 0 aliphatic carbocycles. The molecule has 0 amide bonds. The van der Waals surface area contributed by atoms with Gasteiger partial charge in [0.25, 0.3) is 0 Å². The minimum atomic E-state index is -1.07. The van der Waals surface area contributed by atoms with Crippen LogP contribution in [0.25, 0.3) is 22.6 Å². The molecule has 7 heteroatoms. The van der Waals surface area contributed by atoms with Crippen molar-refractivity contribution in [1.82, 2.24) is 4.98 Å². The number of aromatic nitrogens is 1. The number of carboxylic acid groups (broad SMARTS) is 1. The smallest absolute Gasteiger partial charge is 0.335 e. The van der Waals surface area contributed by atoms with Gasteiger partial charge in [0, 0.05) is 20.9 Å². The van der Waals surface area contributed by atoms with E-state index in [-0.39, 0.29) is 11.3 Å². The summed E-state index contributed by atoms with van der Waals surface area (Å²) in [6.07, 6.45) is 1.42. The van der Waals surface area contributed by atoms with Crippen molar-refractivity contribution in [3.8, 4) is 17.2 Å². The van der Waals surface area contributed by atoms with Crippen LogP contribution in [-0.4, -0.2) is 27.4 Å². The van der Waals surface area contributed by atoms with Crippen LogP contribution < -0.4 is 0 Å². The van der Waals surface area contributed by atoms with Gasteiger partial charge in [0.2, 0.25) is 5.89 Å². The van der Waals surface area contributed by atoms with E-state index in [0.717, 1.165) is 9.13 Å². The molecule has 0 unspecified atom stereocenters. The first-order chi connectivity index (χ1) is 13.5. The average Bonchev–Trinajstić information content (AvgIpc) is 3.10. The lowest BCUT2D eigenvalue weighted by Gasteiger charge is -2.00. The number of aromatic carboxylic acids is 1. The highest BCUT2D eigenvalue weighted by atomic mass is 127. The van der Waals surface area contributed by atoms with Crippen LogP contribution in [0.15, 0.2) is 70.1 Å². The Morgan fingerprint density at radius 2 is 1.96 bits per heavy atom. The molecule has 0 saturated carbocycles. The van der Waals surface area contributed by atoms with Crippen molar-refractivity contribution in [3.05, 3.63) is 75.4 Å². The Morgan fingerprint density at radius 1 is 1.11 bits per heavy atom. The second-order valence-electron chi connectivity index (χ2n) is 6.02. The van der Waals surface area contributed by atoms with Crippen molar-refractivity contribution < 1.29 is 19.4 Å². The van der Waals surface area contributed by atoms with E-state index in [9.17, 15) is 9.90 Å². The SMILES string of the molecule is O=C(O)c1ccc(O)c(C=Nc2ccc3oc(-c4cccc(I)c4)nc3c2)c1. The molecule has 0 spiro atoms. The average molecular weight is 484 g/mol. The van der Waals surface area contributed by atoms with Crippen LogP contribution in [0.2, 0.25) is 0 Å². The number of phenolic OH excluding ortho intramolecular Hbond substituents is 1. The highest BCUT2D eigenvalue weighted by molar-refractivity contribution is 14.1. The van der Waals surface area contributed by atoms with Gasteiger partial charge in [0.15, 0.2) is 5.58 Å². The van der Waals surface area contributed by atoms with Gasteiger partial charge < -0.3 is 14.6 Å². The van der Waals surface area contributed by atoms with Crippen molar-refractivity contribution in [3.63, 3.8) is 0 Å². The second-order valence-corrected chi connectivity index (χ2v) is 7.26. The molecule has 28 heavy (non-hydrogen) atoms. The minimum absolute atomic E-state index is 0.0442. The summed E-state index contributed by atoms with van der Waals surface area (Å²) < 4.78 is 6.91. The second kappa shape index (κ2) is 7.43. The van der Waals surface area contributed by atoms with Gasteiger partial charge in [-0.3, -0.25) is 4.99 Å². The fraction of sp³-hybridized carbons (Fsp3) is 0. The number of aliphatic imine (C=N–C) groups is 1. The Morgan fingerprint density at radius 3 is 2.75 bits per heavy atom. The van der Waals surface area contributed by atoms with Gasteiger partial charge in [-0.15, -0.1) is 0 Å². The van der Waals surface area contributed by atoms with Gasteiger partial charge in [0.05, 0.1) is 11.3 Å². The maximum absolute atomic E-state index is 11.1. The van der Waals surface area contributed by atoms with Crippen LogP contribution in [0.3, 0.4) is 0 Å². The van der Waals surface area contributed by atoms with Gasteiger partial charge in [-0.2, -0.15) is 0 Å². The van der Waals surface area contributed by atoms with Gasteiger partial charge >= 0.3 is 5.97 Å². The maximum atomic E-state index is 11.1. The molecule has 0 bridgehead atoms. The van der Waals surface area contributed by atoms with Crippen molar-refractivity contribution in [2.45, 2.75) is 0 Å². The fourth-order valence-electron chi connectivity index (χ4n) is 2.68. The molecular weight excluding hydrogens is 471 g/mol. The number of hydrogen-bond acceptors (Lipinski definition) is 5. The molecule has 0 fully saturated rings. The van der Waals surface area contributed by atoms with E-state index in [2.05, 4.69) is 32.6 Å². The van der Waals surface area contributed by atoms with Crippen LogP contribution in [0.5, 0.6) is 5.75 Å². The normalized spacial score (nSPS) is 11.3. The summed E-state index contributed by atoms with van der Waals surface area (Å²) in [5.41, 5.74) is 3.20. The molecular formula is C21H13IN2O4. The third-order valence-electron chi connectivity index (χ3n) is 4.07. The number of oxazole rings is 1. The molecule has 4 rings (SSSR count). The van der Waals surface area contributed by atoms with Crippen molar-refractivity contribution >= 4 is 51.6 Å². The van der Waals surface area contributed by atoms with Crippen LogP contribution in [0.1, 0.15) is 15.9 Å². The highest BCUT2D eigenvalue weighted by Crippen LogP contribution is 2.28. The number of rotatable bonds is 4. The number of carboxylic acids is 1. The third kappa shape index (κ3) is 3.74. The summed E-state index contributed by atoms with van der Waals surface area (Å²) in [5, 5.41) is 19.0. The van der Waals surface area contributed by atoms with Gasteiger partial charge in [-0.1, -0.05) is 6.07 Å². The molecule has 0 radical (unpaired) electrons. The first kappa shape index (κ1) is 18.2. The molecule has 1 heterocycles. The van der Waals surface area contributed by atoms with Crippen molar-refractivity contribution in [1.29, 1.82) is 0 Å². The largest absolute Gasteiger partial charge is 0.507 e. The zero-order valence-electron chi connectivity index (χ0n) is 14.3. The predicted octanol–water partition coefficient (Wildman–Crippen LogP) is 5.25. The Bertz CT molecular complexity index is 1230. The molecule has 4 aromatic rings. The zero-order chi connectivity index (χ0) is 19.7. The summed E-state index contributed by atoms with van der Waals surface area (Å²) in [4.78, 5) is 19.9. The first-order valence-electron chi connectivity index (χ1n) is 8.26. The van der Waals surface area contributed by atoms with E-state index in [4.69, 9.17) is 9.52 Å². The van der Waals surface area contributed by atoms with Crippen molar-refractivity contribution in [2.75, 3.05) is 0 Å². The molecule has 138 valence electrons. The quantitative estimate of drug-likeness (QED) is 0.305. The number of hydrogen-bond donors (Lipinski definition) is 2. The van der Waals surface area contributed by atoms with E-state index < -0.39 is 5.97 Å². The number of carbonyl (C=O) groups is 1. The van der Waals surface area contributed by atoms with E-state index in [1.54, 1.807) is 18.2 Å². The topological polar surface area (TPSA) is 95.9 Å². The molecule has 3 aromatic carbocycles. The Kier molecular flexibility index (Phi) is 4.82. The summed E-state index contributed by atoms with van der Waals surface area (Å²) in [5.74, 6) is -0.583. The minimum Gasteiger partial charge on any atom is -0.507 e. The predicted molar refractivity (Wildman–Crippen MR) is 114 cm³/mol. The van der Waals surface area contributed by atoms with Gasteiger partial charge in [-0.25, -0.2) is 9.78 Å². The Balaban J connectivity index is 1.66. The summed E-state index contributed by atoms with van der Waals surface area (Å²) in [6.45, 7) is 0. The molecule has 0 aliphatic rings. The van der Waals surface area contributed by atoms with E-state index >= 15 is 0 Å². The van der Waals surface area contributed by atoms with Gasteiger partial charge in [0.1, 0.15) is 11.3 Å². The first-order valence-corrected chi connectivity index (χ1v) is 9.34. The highest BCUT2D eigenvalue weighted by Gasteiger charge is 2.10. The summed E-state index contributed by atoms with van der Waals surface area (Å²) in [6, 6.07) is 17.2. The van der Waals surface area contributed by atoms with Crippen LogP contribution >= 0.6 is 22.6 Å². The van der Waals surface area contributed by atoms with E-state index in [1.807, 2.05) is 24.3 Å². The van der Waals surface area contributed by atoms with E-state index in [0.29, 0.717) is 28.2 Å². The lowest BCUT2D eigenvalue weighted by atomic mass is 10.1. The Hall–Kier alpha value is -3.20. The van der Waals surface area contributed by atoms with Crippen LogP contribution in [0, 0.1) is 3.57 Å². The van der Waals surface area contributed by atoms with Crippen molar-refractivity contribution in [2.24, 2.45) is 4.99 Å². The summed E-state index contributed by atoms with van der Waals surface area (Å²) in [7, 11) is 0. The maximum Gasteiger partial charge on any atom is 0.335 e. The molecule has 0 saturated heterocycles. The molecule has 0 atom stereocenters. The number of aromatic hydroxyl groups is 1. The Labute approximate surface area is 173 Å².